The van der Waals surface area contributed by atoms with Crippen molar-refractivity contribution in [3.8, 4) is 0 Å². The van der Waals surface area contributed by atoms with E-state index in [0.29, 0.717) is 0 Å². The number of halogens is 1. The van der Waals surface area contributed by atoms with Crippen LogP contribution < -0.4 is 9.73 Å². The Hall–Kier alpha value is -2.74. The lowest BCUT2D eigenvalue weighted by atomic mass is 10.2. The number of sulfonamides is 1. The largest absolute Gasteiger partial charge is 0.271 e. The second kappa shape index (κ2) is 7.89. The van der Waals surface area contributed by atoms with Gasteiger partial charge in [-0.25, -0.2) is 18.2 Å². The molecule has 1 amide bonds. The maximum atomic E-state index is 13.3. The molecule has 0 saturated heterocycles. The zero-order chi connectivity index (χ0) is 18.4. The minimum absolute atomic E-state index is 0.0696. The molecule has 25 heavy (non-hydrogen) atoms. The van der Waals surface area contributed by atoms with Crippen LogP contribution in [0.3, 0.4) is 0 Å². The van der Waals surface area contributed by atoms with Gasteiger partial charge in [-0.05, 0) is 30.7 Å². The van der Waals surface area contributed by atoms with Gasteiger partial charge in [-0.2, -0.15) is 5.10 Å². The maximum absolute atomic E-state index is 13.3. The van der Waals surface area contributed by atoms with Crippen LogP contribution >= 0.6 is 0 Å². The molecule has 0 aliphatic heterocycles. The predicted octanol–water partition coefficient (Wildman–Crippen LogP) is 2.05. The number of carbonyl (C=O) groups is 1. The summed E-state index contributed by atoms with van der Waals surface area (Å²) in [6.45, 7) is 1.45. The van der Waals surface area contributed by atoms with E-state index >= 15 is 0 Å². The highest BCUT2D eigenvalue weighted by Crippen LogP contribution is 2.18. The van der Waals surface area contributed by atoms with Crippen molar-refractivity contribution in [3.63, 3.8) is 0 Å². The number of aryl methyl sites for hydroxylation is 1. The highest BCUT2D eigenvalue weighted by atomic mass is 32.2. The summed E-state index contributed by atoms with van der Waals surface area (Å²) in [5.41, 5.74) is 4.22. The van der Waals surface area contributed by atoms with Crippen molar-refractivity contribution >= 4 is 27.8 Å². The number of carbonyl (C=O) groups excluding carboxylic acids is 1. The van der Waals surface area contributed by atoms with Gasteiger partial charge in [0.15, 0.2) is 0 Å². The lowest BCUT2D eigenvalue weighted by molar-refractivity contribution is -0.119. The van der Waals surface area contributed by atoms with E-state index in [2.05, 4.69) is 10.5 Å². The molecule has 0 saturated carbocycles. The average Bonchev–Trinajstić information content (AvgIpc) is 2.53. The van der Waals surface area contributed by atoms with E-state index in [1.165, 1.54) is 24.4 Å². The second-order valence-corrected chi connectivity index (χ2v) is 7.36. The molecule has 132 valence electrons. The zero-order valence-electron chi connectivity index (χ0n) is 13.8. The zero-order valence-corrected chi connectivity index (χ0v) is 14.6. The Bertz CT molecular complexity index is 880. The van der Waals surface area contributed by atoms with Crippen LogP contribution in [0.4, 0.5) is 10.1 Å². The smallest absolute Gasteiger partial charge is 0.260 e. The summed E-state index contributed by atoms with van der Waals surface area (Å²) in [7, 11) is -3.76. The standard InChI is InChI=1S/C17H18FN3O3S/c1-13-6-8-14(9-7-13)11-19-20-17(22)12-21(25(2,23)24)16-5-3-4-15(18)10-16/h3-11H,12H2,1-2H3,(H,20,22)/b19-11-. The summed E-state index contributed by atoms with van der Waals surface area (Å²) in [5.74, 6) is -1.23. The Kier molecular flexibility index (Phi) is 5.87. The number of nitrogens with one attached hydrogen (secondary N) is 1. The van der Waals surface area contributed by atoms with Crippen LogP contribution in [0.1, 0.15) is 11.1 Å². The Morgan fingerprint density at radius 2 is 1.92 bits per heavy atom. The lowest BCUT2D eigenvalue weighted by Crippen LogP contribution is -2.39. The predicted molar refractivity (Wildman–Crippen MR) is 95.5 cm³/mol. The van der Waals surface area contributed by atoms with E-state index in [1.54, 1.807) is 0 Å². The normalized spacial score (nSPS) is 11.5. The van der Waals surface area contributed by atoms with Crippen molar-refractivity contribution in [2.24, 2.45) is 5.10 Å². The van der Waals surface area contributed by atoms with Crippen molar-refractivity contribution in [1.82, 2.24) is 5.43 Å². The van der Waals surface area contributed by atoms with Crippen LogP contribution in [0.5, 0.6) is 0 Å². The Morgan fingerprint density at radius 1 is 1.24 bits per heavy atom. The van der Waals surface area contributed by atoms with Gasteiger partial charge in [0.1, 0.15) is 12.4 Å². The van der Waals surface area contributed by atoms with Crippen LogP contribution in [0.25, 0.3) is 0 Å². The lowest BCUT2D eigenvalue weighted by Gasteiger charge is -2.21. The van der Waals surface area contributed by atoms with Gasteiger partial charge in [0, 0.05) is 0 Å². The quantitative estimate of drug-likeness (QED) is 0.630. The molecule has 2 aromatic rings. The minimum atomic E-state index is -3.76. The van der Waals surface area contributed by atoms with Crippen LogP contribution in [-0.2, 0) is 14.8 Å². The van der Waals surface area contributed by atoms with Gasteiger partial charge in [-0.15, -0.1) is 0 Å². The van der Waals surface area contributed by atoms with Gasteiger partial charge in [-0.3, -0.25) is 9.10 Å². The van der Waals surface area contributed by atoms with Gasteiger partial charge in [-0.1, -0.05) is 35.9 Å². The second-order valence-electron chi connectivity index (χ2n) is 5.45. The first kappa shape index (κ1) is 18.6. The van der Waals surface area contributed by atoms with Crippen molar-refractivity contribution in [3.05, 3.63) is 65.5 Å². The van der Waals surface area contributed by atoms with Crippen LogP contribution in [-0.4, -0.2) is 33.3 Å². The van der Waals surface area contributed by atoms with Crippen molar-refractivity contribution in [1.29, 1.82) is 0 Å². The molecule has 0 aliphatic carbocycles. The molecule has 2 aromatic carbocycles. The molecule has 0 bridgehead atoms. The number of hydrazone groups is 1. The Balaban J connectivity index is 2.06. The molecule has 8 heteroatoms. The Morgan fingerprint density at radius 3 is 2.52 bits per heavy atom. The first-order valence-electron chi connectivity index (χ1n) is 7.37. The number of rotatable bonds is 6. The van der Waals surface area contributed by atoms with E-state index in [1.807, 2.05) is 31.2 Å². The highest BCUT2D eigenvalue weighted by molar-refractivity contribution is 7.92. The van der Waals surface area contributed by atoms with Crippen molar-refractivity contribution in [2.75, 3.05) is 17.1 Å². The summed E-state index contributed by atoms with van der Waals surface area (Å²) < 4.78 is 37.9. The van der Waals surface area contributed by atoms with Crippen molar-refractivity contribution < 1.29 is 17.6 Å². The van der Waals surface area contributed by atoms with E-state index in [-0.39, 0.29) is 5.69 Å². The molecule has 0 aliphatic rings. The monoisotopic (exact) mass is 363 g/mol. The number of nitrogens with zero attached hydrogens (tertiary/aromatic N) is 2. The van der Waals surface area contributed by atoms with Gasteiger partial charge >= 0.3 is 0 Å². The van der Waals surface area contributed by atoms with E-state index in [0.717, 1.165) is 27.8 Å². The van der Waals surface area contributed by atoms with E-state index < -0.39 is 28.3 Å². The van der Waals surface area contributed by atoms with Crippen LogP contribution in [0.15, 0.2) is 53.6 Å². The summed E-state index contributed by atoms with van der Waals surface area (Å²) >= 11 is 0. The molecule has 6 nitrogen and oxygen atoms in total. The molecule has 0 fully saturated rings. The molecular formula is C17H18FN3O3S. The molecule has 0 heterocycles. The fourth-order valence-corrected chi connectivity index (χ4v) is 2.88. The summed E-state index contributed by atoms with van der Waals surface area (Å²) in [6, 6.07) is 12.5. The van der Waals surface area contributed by atoms with Gasteiger partial charge in [0.05, 0.1) is 18.2 Å². The number of benzene rings is 2. The first-order chi connectivity index (χ1) is 11.8. The third-order valence-corrected chi connectivity index (χ3v) is 4.40. The fraction of sp³-hybridized carbons (Fsp3) is 0.176. The molecule has 1 N–H and O–H groups in total. The SMILES string of the molecule is Cc1ccc(/C=N\NC(=O)CN(c2cccc(F)c2)S(C)(=O)=O)cc1. The fourth-order valence-electron chi connectivity index (χ4n) is 2.03. The van der Waals surface area contributed by atoms with Gasteiger partial charge < -0.3 is 0 Å². The number of hydrogen-bond donors (Lipinski definition) is 1. The van der Waals surface area contributed by atoms with E-state index in [9.17, 15) is 17.6 Å². The first-order valence-corrected chi connectivity index (χ1v) is 9.22. The summed E-state index contributed by atoms with van der Waals surface area (Å²) in [6.07, 6.45) is 2.39. The number of amides is 1. The number of anilines is 1. The molecule has 0 atom stereocenters. The summed E-state index contributed by atoms with van der Waals surface area (Å²) in [4.78, 5) is 12.0. The molecule has 0 radical (unpaired) electrons. The minimum Gasteiger partial charge on any atom is -0.271 e. The molecule has 0 aromatic heterocycles. The van der Waals surface area contributed by atoms with Gasteiger partial charge in [0.2, 0.25) is 10.0 Å². The summed E-state index contributed by atoms with van der Waals surface area (Å²) in [5, 5.41) is 3.80. The third kappa shape index (κ3) is 5.68. The Labute approximate surface area is 146 Å². The maximum Gasteiger partial charge on any atom is 0.260 e. The van der Waals surface area contributed by atoms with Gasteiger partial charge in [0.25, 0.3) is 5.91 Å². The third-order valence-electron chi connectivity index (χ3n) is 3.26. The molecule has 0 unspecified atom stereocenters. The topological polar surface area (TPSA) is 78.8 Å². The average molecular weight is 363 g/mol. The highest BCUT2D eigenvalue weighted by Gasteiger charge is 2.21. The van der Waals surface area contributed by atoms with Crippen LogP contribution in [0, 0.1) is 12.7 Å². The molecular weight excluding hydrogens is 345 g/mol. The number of hydrogen-bond acceptors (Lipinski definition) is 4. The van der Waals surface area contributed by atoms with Crippen LogP contribution in [0.2, 0.25) is 0 Å². The van der Waals surface area contributed by atoms with Crippen molar-refractivity contribution in [2.45, 2.75) is 6.92 Å². The van der Waals surface area contributed by atoms with E-state index in [4.69, 9.17) is 0 Å². The molecule has 2 rings (SSSR count). The molecule has 0 spiro atoms.